The SMILES string of the molecule is CNCCc1c(C)c(C)cc(Cl)c1F. The number of rotatable bonds is 3. The third kappa shape index (κ3) is 2.25. The summed E-state index contributed by atoms with van der Waals surface area (Å²) >= 11 is 5.77. The van der Waals surface area contributed by atoms with Crippen LogP contribution >= 0.6 is 11.6 Å². The van der Waals surface area contributed by atoms with Crippen LogP contribution in [-0.4, -0.2) is 13.6 Å². The maximum atomic E-state index is 13.6. The summed E-state index contributed by atoms with van der Waals surface area (Å²) in [6.07, 6.45) is 0.676. The van der Waals surface area contributed by atoms with E-state index >= 15 is 0 Å². The molecule has 0 aliphatic rings. The Morgan fingerprint density at radius 2 is 2.07 bits per heavy atom. The number of benzene rings is 1. The van der Waals surface area contributed by atoms with Gasteiger partial charge in [-0.2, -0.15) is 0 Å². The van der Waals surface area contributed by atoms with Crippen molar-refractivity contribution in [3.8, 4) is 0 Å². The molecular formula is C11H15ClFN. The fourth-order valence-electron chi connectivity index (χ4n) is 1.46. The minimum atomic E-state index is -0.273. The molecule has 1 aromatic rings. The lowest BCUT2D eigenvalue weighted by atomic mass is 10.0. The van der Waals surface area contributed by atoms with E-state index in [1.807, 2.05) is 20.9 Å². The molecule has 0 atom stereocenters. The molecule has 0 unspecified atom stereocenters. The zero-order valence-electron chi connectivity index (χ0n) is 8.75. The van der Waals surface area contributed by atoms with E-state index in [4.69, 9.17) is 11.6 Å². The van der Waals surface area contributed by atoms with Crippen LogP contribution in [-0.2, 0) is 6.42 Å². The van der Waals surface area contributed by atoms with Crippen LogP contribution < -0.4 is 5.32 Å². The van der Waals surface area contributed by atoms with E-state index in [9.17, 15) is 4.39 Å². The van der Waals surface area contributed by atoms with Crippen molar-refractivity contribution in [1.82, 2.24) is 5.32 Å². The van der Waals surface area contributed by atoms with Crippen LogP contribution in [0.1, 0.15) is 16.7 Å². The molecule has 0 radical (unpaired) electrons. The second-order valence-corrected chi connectivity index (χ2v) is 3.85. The fraction of sp³-hybridized carbons (Fsp3) is 0.455. The smallest absolute Gasteiger partial charge is 0.145 e. The van der Waals surface area contributed by atoms with Crippen molar-refractivity contribution in [3.63, 3.8) is 0 Å². The highest BCUT2D eigenvalue weighted by Gasteiger charge is 2.11. The van der Waals surface area contributed by atoms with Gasteiger partial charge in [0.25, 0.3) is 0 Å². The Balaban J connectivity index is 3.11. The average molecular weight is 216 g/mol. The summed E-state index contributed by atoms with van der Waals surface area (Å²) in [6.45, 7) is 4.64. The van der Waals surface area contributed by atoms with Crippen molar-refractivity contribution < 1.29 is 4.39 Å². The third-order valence-electron chi connectivity index (χ3n) is 2.49. The number of aryl methyl sites for hydroxylation is 1. The lowest BCUT2D eigenvalue weighted by molar-refractivity contribution is 0.602. The molecule has 0 aromatic heterocycles. The molecule has 0 aliphatic carbocycles. The second kappa shape index (κ2) is 4.76. The maximum Gasteiger partial charge on any atom is 0.145 e. The van der Waals surface area contributed by atoms with E-state index in [2.05, 4.69) is 5.32 Å². The van der Waals surface area contributed by atoms with E-state index in [1.54, 1.807) is 6.07 Å². The summed E-state index contributed by atoms with van der Waals surface area (Å²) in [7, 11) is 1.85. The van der Waals surface area contributed by atoms with E-state index < -0.39 is 0 Å². The molecule has 0 spiro atoms. The molecule has 0 fully saturated rings. The van der Waals surface area contributed by atoms with Crippen LogP contribution in [0.4, 0.5) is 4.39 Å². The minimum Gasteiger partial charge on any atom is -0.319 e. The summed E-state index contributed by atoms with van der Waals surface area (Å²) in [5, 5.41) is 3.22. The summed E-state index contributed by atoms with van der Waals surface area (Å²) in [5.74, 6) is -0.273. The number of hydrogen-bond acceptors (Lipinski definition) is 1. The van der Waals surface area contributed by atoms with Gasteiger partial charge in [0.15, 0.2) is 0 Å². The average Bonchev–Trinajstić information content (AvgIpc) is 2.15. The van der Waals surface area contributed by atoms with Crippen LogP contribution in [0.2, 0.25) is 5.02 Å². The molecule has 78 valence electrons. The van der Waals surface area contributed by atoms with Crippen molar-refractivity contribution in [3.05, 3.63) is 33.6 Å². The van der Waals surface area contributed by atoms with Gasteiger partial charge in [0.2, 0.25) is 0 Å². The van der Waals surface area contributed by atoms with Gasteiger partial charge in [0.05, 0.1) is 5.02 Å². The first-order valence-corrected chi connectivity index (χ1v) is 5.04. The van der Waals surface area contributed by atoms with E-state index in [-0.39, 0.29) is 10.8 Å². The molecule has 14 heavy (non-hydrogen) atoms. The summed E-state index contributed by atoms with van der Waals surface area (Å²) in [4.78, 5) is 0. The zero-order chi connectivity index (χ0) is 10.7. The molecule has 3 heteroatoms. The van der Waals surface area contributed by atoms with Crippen LogP contribution in [0.25, 0.3) is 0 Å². The Kier molecular flexibility index (Phi) is 3.90. The van der Waals surface area contributed by atoms with Crippen LogP contribution in [0, 0.1) is 19.7 Å². The third-order valence-corrected chi connectivity index (χ3v) is 2.76. The molecule has 0 saturated heterocycles. The molecule has 0 bridgehead atoms. The van der Waals surface area contributed by atoms with Gasteiger partial charge >= 0.3 is 0 Å². The monoisotopic (exact) mass is 215 g/mol. The first-order valence-electron chi connectivity index (χ1n) is 4.66. The molecule has 0 saturated carbocycles. The van der Waals surface area contributed by atoms with Crippen LogP contribution in [0.5, 0.6) is 0 Å². The van der Waals surface area contributed by atoms with E-state index in [0.717, 1.165) is 23.2 Å². The van der Waals surface area contributed by atoms with Gasteiger partial charge in [0, 0.05) is 0 Å². The van der Waals surface area contributed by atoms with Gasteiger partial charge in [0.1, 0.15) is 5.82 Å². The topological polar surface area (TPSA) is 12.0 Å². The van der Waals surface area contributed by atoms with Crippen molar-refractivity contribution in [2.45, 2.75) is 20.3 Å². The number of nitrogens with one attached hydrogen (secondary N) is 1. The fourth-order valence-corrected chi connectivity index (χ4v) is 1.73. The standard InChI is InChI=1S/C11H15ClFN/c1-7-6-10(12)11(13)9(8(7)2)4-5-14-3/h6,14H,4-5H2,1-3H3. The Hall–Kier alpha value is -0.600. The number of halogens is 2. The molecular weight excluding hydrogens is 201 g/mol. The Labute approximate surface area is 89.3 Å². The highest BCUT2D eigenvalue weighted by Crippen LogP contribution is 2.25. The maximum absolute atomic E-state index is 13.6. The van der Waals surface area contributed by atoms with Crippen LogP contribution in [0.15, 0.2) is 6.07 Å². The molecule has 1 rings (SSSR count). The Morgan fingerprint density at radius 1 is 1.43 bits per heavy atom. The lowest BCUT2D eigenvalue weighted by Gasteiger charge is -2.11. The van der Waals surface area contributed by atoms with Crippen molar-refractivity contribution in [2.24, 2.45) is 0 Å². The van der Waals surface area contributed by atoms with Crippen molar-refractivity contribution in [1.29, 1.82) is 0 Å². The predicted octanol–water partition coefficient (Wildman–Crippen LogP) is 2.86. The Morgan fingerprint density at radius 3 is 2.64 bits per heavy atom. The first kappa shape index (κ1) is 11.5. The largest absolute Gasteiger partial charge is 0.319 e. The minimum absolute atomic E-state index is 0.221. The lowest BCUT2D eigenvalue weighted by Crippen LogP contribution is -2.12. The highest BCUT2D eigenvalue weighted by atomic mass is 35.5. The van der Waals surface area contributed by atoms with Gasteiger partial charge < -0.3 is 5.32 Å². The highest BCUT2D eigenvalue weighted by molar-refractivity contribution is 6.30. The van der Waals surface area contributed by atoms with Gasteiger partial charge in [-0.25, -0.2) is 4.39 Å². The number of likely N-dealkylation sites (N-methyl/N-ethyl adjacent to an activating group) is 1. The summed E-state index contributed by atoms with van der Waals surface area (Å²) in [5.41, 5.74) is 2.77. The molecule has 1 aromatic carbocycles. The van der Waals surface area contributed by atoms with Gasteiger partial charge in [-0.15, -0.1) is 0 Å². The van der Waals surface area contributed by atoms with E-state index in [0.29, 0.717) is 6.42 Å². The van der Waals surface area contributed by atoms with Gasteiger partial charge in [-0.3, -0.25) is 0 Å². The molecule has 1 N–H and O–H groups in total. The molecule has 0 aliphatic heterocycles. The zero-order valence-corrected chi connectivity index (χ0v) is 9.50. The Bertz CT molecular complexity index is 310. The van der Waals surface area contributed by atoms with Crippen molar-refractivity contribution >= 4 is 11.6 Å². The first-order chi connectivity index (χ1) is 6.57. The molecule has 1 nitrogen and oxygen atoms in total. The molecule has 0 amide bonds. The number of hydrogen-bond donors (Lipinski definition) is 1. The van der Waals surface area contributed by atoms with Crippen molar-refractivity contribution in [2.75, 3.05) is 13.6 Å². The quantitative estimate of drug-likeness (QED) is 0.818. The summed E-state index contributed by atoms with van der Waals surface area (Å²) < 4.78 is 13.6. The summed E-state index contributed by atoms with van der Waals surface area (Å²) in [6, 6.07) is 1.68. The molecule has 0 heterocycles. The second-order valence-electron chi connectivity index (χ2n) is 3.45. The van der Waals surface area contributed by atoms with Gasteiger partial charge in [-0.05, 0) is 56.6 Å². The normalized spacial score (nSPS) is 10.6. The van der Waals surface area contributed by atoms with Crippen LogP contribution in [0.3, 0.4) is 0 Å². The van der Waals surface area contributed by atoms with Gasteiger partial charge in [-0.1, -0.05) is 11.6 Å². The predicted molar refractivity (Wildman–Crippen MR) is 58.5 cm³/mol. The van der Waals surface area contributed by atoms with E-state index in [1.165, 1.54) is 0 Å².